The van der Waals surface area contributed by atoms with Crippen LogP contribution in [0.2, 0.25) is 0 Å². The minimum Gasteiger partial charge on any atom is -0.321 e. The number of sulfonamides is 1. The highest BCUT2D eigenvalue weighted by molar-refractivity contribution is 7.89. The van der Waals surface area contributed by atoms with E-state index in [2.05, 4.69) is 5.32 Å². The summed E-state index contributed by atoms with van der Waals surface area (Å²) in [5, 5.41) is 4.50. The van der Waals surface area contributed by atoms with Crippen LogP contribution < -0.4 is 5.32 Å². The first-order valence-corrected chi connectivity index (χ1v) is 11.7. The van der Waals surface area contributed by atoms with Gasteiger partial charge in [-0.2, -0.15) is 4.31 Å². The van der Waals surface area contributed by atoms with E-state index in [0.29, 0.717) is 25.2 Å². The maximum Gasteiger partial charge on any atom is 0.267 e. The molecule has 3 aromatic rings. The van der Waals surface area contributed by atoms with E-state index in [1.807, 2.05) is 56.3 Å². The number of nitrogens with zero attached hydrogens (tertiary/aromatic N) is 1. The summed E-state index contributed by atoms with van der Waals surface area (Å²) >= 11 is 1.14. The molecule has 2 aromatic carbocycles. The molecule has 0 saturated carbocycles. The van der Waals surface area contributed by atoms with Crippen LogP contribution in [0.1, 0.15) is 31.9 Å². The Morgan fingerprint density at radius 1 is 1.03 bits per heavy atom. The van der Waals surface area contributed by atoms with Gasteiger partial charge < -0.3 is 5.32 Å². The highest BCUT2D eigenvalue weighted by Gasteiger charge is 2.32. The monoisotopic (exact) mass is 426 g/mol. The molecule has 0 radical (unpaired) electrons. The summed E-state index contributed by atoms with van der Waals surface area (Å²) in [7, 11) is -3.76. The van der Waals surface area contributed by atoms with Crippen LogP contribution in [0.5, 0.6) is 0 Å². The van der Waals surface area contributed by atoms with Gasteiger partial charge in [-0.25, -0.2) is 8.42 Å². The predicted octanol–water partition coefficient (Wildman–Crippen LogP) is 4.36. The molecule has 1 amide bonds. The highest BCUT2D eigenvalue weighted by Crippen LogP contribution is 2.30. The molecule has 1 aliphatic rings. The molecule has 150 valence electrons. The number of hydrogen-bond acceptors (Lipinski definition) is 4. The summed E-state index contributed by atoms with van der Waals surface area (Å²) in [6, 6.07) is 15.2. The van der Waals surface area contributed by atoms with Gasteiger partial charge in [0.2, 0.25) is 10.0 Å². The third-order valence-electron chi connectivity index (χ3n) is 5.03. The van der Waals surface area contributed by atoms with E-state index >= 15 is 0 Å². The van der Waals surface area contributed by atoms with Gasteiger partial charge in [0.25, 0.3) is 5.91 Å². The average Bonchev–Trinajstić information content (AvgIpc) is 3.18. The Hall–Kier alpha value is -2.48. The Balaban J connectivity index is 1.60. The molecule has 2 heterocycles. The molecule has 0 aliphatic carbocycles. The van der Waals surface area contributed by atoms with Crippen molar-refractivity contribution in [1.82, 2.24) is 4.31 Å². The molecule has 1 aliphatic heterocycles. The van der Waals surface area contributed by atoms with Crippen molar-refractivity contribution in [3.05, 3.63) is 81.0 Å². The van der Waals surface area contributed by atoms with Gasteiger partial charge >= 0.3 is 0 Å². The summed E-state index contributed by atoms with van der Waals surface area (Å²) in [5.41, 5.74) is 4.92. The number of carbonyl (C=O) groups is 1. The number of nitrogens with one attached hydrogen (secondary N) is 1. The minimum atomic E-state index is -3.76. The van der Waals surface area contributed by atoms with Gasteiger partial charge in [0.05, 0.1) is 0 Å². The molecule has 1 aromatic heterocycles. The number of anilines is 1. The van der Waals surface area contributed by atoms with Gasteiger partial charge in [0, 0.05) is 18.8 Å². The van der Waals surface area contributed by atoms with Crippen molar-refractivity contribution in [3.63, 3.8) is 0 Å². The van der Waals surface area contributed by atoms with Gasteiger partial charge in [-0.3, -0.25) is 4.79 Å². The van der Waals surface area contributed by atoms with Crippen molar-refractivity contribution in [1.29, 1.82) is 0 Å². The van der Waals surface area contributed by atoms with Crippen LogP contribution in [-0.4, -0.2) is 25.2 Å². The maximum absolute atomic E-state index is 13.3. The molecular formula is C22H22N2O3S2. The van der Waals surface area contributed by atoms with Gasteiger partial charge in [0.15, 0.2) is 0 Å². The minimum absolute atomic E-state index is 0.0729. The van der Waals surface area contributed by atoms with E-state index in [1.54, 1.807) is 5.38 Å². The lowest BCUT2D eigenvalue weighted by Gasteiger charge is -2.28. The topological polar surface area (TPSA) is 66.5 Å². The van der Waals surface area contributed by atoms with Crippen LogP contribution in [0, 0.1) is 13.8 Å². The second-order valence-electron chi connectivity index (χ2n) is 7.30. The fourth-order valence-corrected chi connectivity index (χ4v) is 6.43. The summed E-state index contributed by atoms with van der Waals surface area (Å²) in [6.45, 7) is 4.65. The average molecular weight is 427 g/mol. The normalized spacial score (nSPS) is 14.4. The molecule has 0 atom stereocenters. The lowest BCUT2D eigenvalue weighted by Crippen LogP contribution is -2.36. The molecule has 0 spiro atoms. The number of thiophene rings is 1. The van der Waals surface area contributed by atoms with E-state index in [-0.39, 0.29) is 9.77 Å². The van der Waals surface area contributed by atoms with Crippen LogP contribution in [0.3, 0.4) is 0 Å². The largest absolute Gasteiger partial charge is 0.321 e. The first-order chi connectivity index (χ1) is 13.8. The van der Waals surface area contributed by atoms with E-state index in [1.165, 1.54) is 15.9 Å². The van der Waals surface area contributed by atoms with Gasteiger partial charge in [-0.05, 0) is 66.1 Å². The first kappa shape index (κ1) is 19.8. The number of hydrogen-bond donors (Lipinski definition) is 1. The number of carbonyl (C=O) groups excluding carboxylic acids is 1. The van der Waals surface area contributed by atoms with Gasteiger partial charge in [-0.15, -0.1) is 11.3 Å². The fourth-order valence-electron chi connectivity index (χ4n) is 3.71. The van der Waals surface area contributed by atoms with Crippen LogP contribution in [0.4, 0.5) is 5.69 Å². The lowest BCUT2D eigenvalue weighted by atomic mass is 10.0. The molecular weight excluding hydrogens is 404 g/mol. The molecule has 0 fully saturated rings. The van der Waals surface area contributed by atoms with Crippen LogP contribution in [0.15, 0.2) is 58.8 Å². The van der Waals surface area contributed by atoms with Crippen molar-refractivity contribution < 1.29 is 13.2 Å². The molecule has 1 N–H and O–H groups in total. The van der Waals surface area contributed by atoms with Crippen molar-refractivity contribution in [2.75, 3.05) is 11.9 Å². The molecule has 29 heavy (non-hydrogen) atoms. The second kappa shape index (κ2) is 7.74. The third-order valence-corrected chi connectivity index (χ3v) is 7.96. The van der Waals surface area contributed by atoms with Crippen molar-refractivity contribution in [2.24, 2.45) is 0 Å². The zero-order valence-corrected chi connectivity index (χ0v) is 17.9. The van der Waals surface area contributed by atoms with E-state index in [4.69, 9.17) is 0 Å². The maximum atomic E-state index is 13.3. The Morgan fingerprint density at radius 3 is 2.45 bits per heavy atom. The van der Waals surface area contributed by atoms with Crippen molar-refractivity contribution >= 4 is 33.0 Å². The number of rotatable bonds is 4. The number of fused-ring (bicyclic) bond motifs is 1. The molecule has 4 rings (SSSR count). The number of aryl methyl sites for hydroxylation is 2. The Bertz CT molecular complexity index is 1160. The summed E-state index contributed by atoms with van der Waals surface area (Å²) < 4.78 is 28.1. The summed E-state index contributed by atoms with van der Waals surface area (Å²) in [5.74, 6) is -0.402. The Morgan fingerprint density at radius 2 is 1.72 bits per heavy atom. The zero-order chi connectivity index (χ0) is 20.6. The predicted molar refractivity (Wildman–Crippen MR) is 116 cm³/mol. The van der Waals surface area contributed by atoms with Crippen LogP contribution in [-0.2, 0) is 23.0 Å². The highest BCUT2D eigenvalue weighted by atomic mass is 32.2. The quantitative estimate of drug-likeness (QED) is 0.674. The molecule has 0 bridgehead atoms. The number of benzene rings is 2. The SMILES string of the molecule is Cc1cc(C)cc(NC(=O)c2sccc2S(=O)(=O)N2CCc3ccccc3C2)c1. The van der Waals surface area contributed by atoms with E-state index < -0.39 is 15.9 Å². The molecule has 7 heteroatoms. The molecule has 0 unspecified atom stereocenters. The number of amides is 1. The Kier molecular flexibility index (Phi) is 5.29. The standard InChI is InChI=1S/C22H22N2O3S2/c1-15-11-16(2)13-19(12-15)23-22(25)21-20(8-10-28-21)29(26,27)24-9-7-17-5-3-4-6-18(17)14-24/h3-6,8,10-13H,7,9,14H2,1-2H3,(H,23,25). The van der Waals surface area contributed by atoms with Gasteiger partial charge in [-0.1, -0.05) is 30.3 Å². The van der Waals surface area contributed by atoms with Gasteiger partial charge in [0.1, 0.15) is 9.77 Å². The molecule has 5 nitrogen and oxygen atoms in total. The van der Waals surface area contributed by atoms with Crippen LogP contribution in [0.25, 0.3) is 0 Å². The summed E-state index contributed by atoms with van der Waals surface area (Å²) in [6.07, 6.45) is 0.670. The zero-order valence-electron chi connectivity index (χ0n) is 16.3. The second-order valence-corrected chi connectivity index (χ2v) is 10.1. The first-order valence-electron chi connectivity index (χ1n) is 9.38. The summed E-state index contributed by atoms with van der Waals surface area (Å²) in [4.78, 5) is 13.1. The van der Waals surface area contributed by atoms with Crippen molar-refractivity contribution in [3.8, 4) is 0 Å². The lowest BCUT2D eigenvalue weighted by molar-refractivity contribution is 0.102. The fraction of sp³-hybridized carbons (Fsp3) is 0.227. The smallest absolute Gasteiger partial charge is 0.267 e. The molecule has 0 saturated heterocycles. The van der Waals surface area contributed by atoms with Crippen molar-refractivity contribution in [2.45, 2.75) is 31.7 Å². The van der Waals surface area contributed by atoms with E-state index in [0.717, 1.165) is 28.0 Å². The Labute approximate surface area is 175 Å². The van der Waals surface area contributed by atoms with E-state index in [9.17, 15) is 13.2 Å². The van der Waals surface area contributed by atoms with Crippen LogP contribution >= 0.6 is 11.3 Å². The third kappa shape index (κ3) is 3.99.